The number of amides is 2. The van der Waals surface area contributed by atoms with Crippen LogP contribution in [-0.2, 0) is 6.61 Å². The highest BCUT2D eigenvalue weighted by Gasteiger charge is 2.26. The monoisotopic (exact) mass is 425 g/mol. The molecule has 1 N–H and O–H groups in total. The Morgan fingerprint density at radius 1 is 1.27 bits per heavy atom. The zero-order chi connectivity index (χ0) is 20.9. The number of likely N-dealkylation sites (tertiary alicyclic amines) is 1. The van der Waals surface area contributed by atoms with Gasteiger partial charge < -0.3 is 19.4 Å². The van der Waals surface area contributed by atoms with Crippen molar-refractivity contribution in [1.29, 1.82) is 0 Å². The summed E-state index contributed by atoms with van der Waals surface area (Å²) in [5.74, 6) is 0.736. The minimum atomic E-state index is -0.138. The predicted molar refractivity (Wildman–Crippen MR) is 113 cm³/mol. The molecule has 0 saturated carbocycles. The van der Waals surface area contributed by atoms with Crippen LogP contribution in [-0.4, -0.2) is 40.8 Å². The van der Waals surface area contributed by atoms with E-state index in [9.17, 15) is 9.59 Å². The average Bonchev–Trinajstić information content (AvgIpc) is 3.44. The van der Waals surface area contributed by atoms with Gasteiger partial charge in [-0.25, -0.2) is 4.98 Å². The Balaban J connectivity index is 1.28. The van der Waals surface area contributed by atoms with Gasteiger partial charge in [0.15, 0.2) is 5.76 Å². The number of carbonyl (C=O) groups is 2. The molecule has 2 aromatic heterocycles. The van der Waals surface area contributed by atoms with E-state index in [1.54, 1.807) is 46.6 Å². The molecule has 8 heteroatoms. The van der Waals surface area contributed by atoms with Gasteiger partial charge in [0.25, 0.3) is 11.8 Å². The Morgan fingerprint density at radius 2 is 2.10 bits per heavy atom. The van der Waals surface area contributed by atoms with Gasteiger partial charge >= 0.3 is 0 Å². The quantitative estimate of drug-likeness (QED) is 0.652. The van der Waals surface area contributed by atoms with Gasteiger partial charge in [-0.3, -0.25) is 9.59 Å². The normalized spacial score (nSPS) is 14.5. The molecule has 0 atom stereocenters. The summed E-state index contributed by atoms with van der Waals surface area (Å²) in [5, 5.41) is 6.03. The first-order valence-corrected chi connectivity index (χ1v) is 10.7. The van der Waals surface area contributed by atoms with Crippen LogP contribution in [0.3, 0.4) is 0 Å². The lowest BCUT2D eigenvalue weighted by Gasteiger charge is -2.31. The van der Waals surface area contributed by atoms with Crippen LogP contribution in [0.2, 0.25) is 0 Å². The van der Waals surface area contributed by atoms with Gasteiger partial charge in [0.2, 0.25) is 0 Å². The maximum absolute atomic E-state index is 12.7. The number of ether oxygens (including phenoxy) is 1. The lowest BCUT2D eigenvalue weighted by atomic mass is 10.0. The molecule has 7 nitrogen and oxygen atoms in total. The largest absolute Gasteiger partial charge is 0.487 e. The van der Waals surface area contributed by atoms with Crippen molar-refractivity contribution in [3.8, 4) is 5.75 Å². The van der Waals surface area contributed by atoms with Gasteiger partial charge in [-0.2, -0.15) is 0 Å². The van der Waals surface area contributed by atoms with Crippen molar-refractivity contribution < 1.29 is 18.7 Å². The second-order valence-electron chi connectivity index (χ2n) is 7.19. The molecule has 0 aliphatic carbocycles. The Kier molecular flexibility index (Phi) is 6.13. The molecule has 2 amide bonds. The van der Waals surface area contributed by atoms with Crippen LogP contribution in [0.1, 0.15) is 44.5 Å². The smallest absolute Gasteiger partial charge is 0.289 e. The molecule has 3 aromatic rings. The van der Waals surface area contributed by atoms with Crippen molar-refractivity contribution in [3.63, 3.8) is 0 Å². The molecule has 3 heterocycles. The van der Waals surface area contributed by atoms with E-state index >= 15 is 0 Å². The number of hydrogen-bond donors (Lipinski definition) is 1. The first-order chi connectivity index (χ1) is 14.6. The molecule has 0 spiro atoms. The number of piperidine rings is 1. The van der Waals surface area contributed by atoms with E-state index < -0.39 is 0 Å². The third kappa shape index (κ3) is 4.88. The Hall–Kier alpha value is -3.13. The lowest BCUT2D eigenvalue weighted by Crippen LogP contribution is -2.46. The summed E-state index contributed by atoms with van der Waals surface area (Å²) < 4.78 is 11.0. The molecule has 1 aliphatic heterocycles. The number of carbonyl (C=O) groups excluding carboxylic acids is 2. The van der Waals surface area contributed by atoms with Crippen LogP contribution in [0.25, 0.3) is 0 Å². The molecule has 30 heavy (non-hydrogen) atoms. The van der Waals surface area contributed by atoms with Crippen molar-refractivity contribution in [1.82, 2.24) is 15.2 Å². The third-order valence-electron chi connectivity index (χ3n) is 5.00. The van der Waals surface area contributed by atoms with Crippen LogP contribution in [0, 0.1) is 6.92 Å². The predicted octanol–water partition coefficient (Wildman–Crippen LogP) is 3.66. The number of rotatable bonds is 6. The molecular formula is C22H23N3O4S. The molecule has 4 rings (SSSR count). The SMILES string of the molecule is Cc1nc(COc2cccc(C(=O)NC3CCN(C(=O)c4ccco4)CC3)c2)cs1. The van der Waals surface area contributed by atoms with Crippen molar-refractivity contribution in [3.05, 3.63) is 70.1 Å². The van der Waals surface area contributed by atoms with E-state index in [1.807, 2.05) is 18.4 Å². The Bertz CT molecular complexity index is 1010. The molecular weight excluding hydrogens is 402 g/mol. The first-order valence-electron chi connectivity index (χ1n) is 9.86. The minimum Gasteiger partial charge on any atom is -0.487 e. The number of aromatic nitrogens is 1. The standard InChI is InChI=1S/C22H23N3O4S/c1-15-23-18(14-30-15)13-29-19-5-2-4-16(12-19)21(26)24-17-7-9-25(10-8-17)22(27)20-6-3-11-28-20/h2-6,11-12,14,17H,7-10,13H2,1H3,(H,24,26). The minimum absolute atomic E-state index is 0.0284. The van der Waals surface area contributed by atoms with Crippen molar-refractivity contribution in [2.24, 2.45) is 0 Å². The molecule has 1 fully saturated rings. The third-order valence-corrected chi connectivity index (χ3v) is 5.82. The van der Waals surface area contributed by atoms with E-state index in [1.165, 1.54) is 6.26 Å². The lowest BCUT2D eigenvalue weighted by molar-refractivity contribution is 0.0667. The fraction of sp³-hybridized carbons (Fsp3) is 0.318. The number of nitrogens with zero attached hydrogens (tertiary/aromatic N) is 2. The van der Waals surface area contributed by atoms with Crippen LogP contribution >= 0.6 is 11.3 Å². The molecule has 0 unspecified atom stereocenters. The van der Waals surface area contributed by atoms with Gasteiger partial charge in [-0.1, -0.05) is 6.07 Å². The number of hydrogen-bond acceptors (Lipinski definition) is 6. The van der Waals surface area contributed by atoms with Gasteiger partial charge in [0, 0.05) is 30.1 Å². The highest BCUT2D eigenvalue weighted by molar-refractivity contribution is 7.09. The summed E-state index contributed by atoms with van der Waals surface area (Å²) in [6.45, 7) is 3.50. The number of furan rings is 1. The van der Waals surface area contributed by atoms with E-state index in [0.717, 1.165) is 10.7 Å². The maximum atomic E-state index is 12.7. The zero-order valence-electron chi connectivity index (χ0n) is 16.7. The van der Waals surface area contributed by atoms with Crippen LogP contribution in [0.4, 0.5) is 0 Å². The zero-order valence-corrected chi connectivity index (χ0v) is 17.5. The molecule has 1 aromatic carbocycles. The summed E-state index contributed by atoms with van der Waals surface area (Å²) in [5.41, 5.74) is 1.43. The van der Waals surface area contributed by atoms with Crippen LogP contribution in [0.15, 0.2) is 52.5 Å². The van der Waals surface area contributed by atoms with Gasteiger partial charge in [-0.05, 0) is 50.1 Å². The van der Waals surface area contributed by atoms with Crippen LogP contribution < -0.4 is 10.1 Å². The topological polar surface area (TPSA) is 84.7 Å². The highest BCUT2D eigenvalue weighted by atomic mass is 32.1. The fourth-order valence-corrected chi connectivity index (χ4v) is 4.01. The number of nitrogens with one attached hydrogen (secondary N) is 1. The maximum Gasteiger partial charge on any atom is 0.289 e. The summed E-state index contributed by atoms with van der Waals surface area (Å²) in [7, 11) is 0. The number of benzene rings is 1. The summed E-state index contributed by atoms with van der Waals surface area (Å²) >= 11 is 1.58. The average molecular weight is 426 g/mol. The molecule has 0 radical (unpaired) electrons. The Labute approximate surface area is 178 Å². The summed E-state index contributed by atoms with van der Waals surface area (Å²) in [6, 6.07) is 10.5. The Morgan fingerprint density at radius 3 is 2.80 bits per heavy atom. The van der Waals surface area contributed by atoms with Crippen LogP contribution in [0.5, 0.6) is 5.75 Å². The second-order valence-corrected chi connectivity index (χ2v) is 8.25. The highest BCUT2D eigenvalue weighted by Crippen LogP contribution is 2.18. The van der Waals surface area contributed by atoms with Crippen molar-refractivity contribution in [2.75, 3.05) is 13.1 Å². The van der Waals surface area contributed by atoms with E-state index in [4.69, 9.17) is 9.15 Å². The van der Waals surface area contributed by atoms with Crippen molar-refractivity contribution >= 4 is 23.2 Å². The summed E-state index contributed by atoms with van der Waals surface area (Å²) in [6.07, 6.45) is 2.91. The first kappa shape index (κ1) is 20.2. The number of thiazole rings is 1. The van der Waals surface area contributed by atoms with Gasteiger partial charge in [0.05, 0.1) is 17.0 Å². The van der Waals surface area contributed by atoms with E-state index in [0.29, 0.717) is 49.6 Å². The number of aryl methyl sites for hydroxylation is 1. The molecule has 156 valence electrons. The van der Waals surface area contributed by atoms with Gasteiger partial charge in [-0.15, -0.1) is 11.3 Å². The van der Waals surface area contributed by atoms with E-state index in [2.05, 4.69) is 10.3 Å². The van der Waals surface area contributed by atoms with Crippen molar-refractivity contribution in [2.45, 2.75) is 32.4 Å². The second kappa shape index (κ2) is 9.13. The fourth-order valence-electron chi connectivity index (χ4n) is 3.41. The summed E-state index contributed by atoms with van der Waals surface area (Å²) in [4.78, 5) is 31.1. The molecule has 0 bridgehead atoms. The van der Waals surface area contributed by atoms with E-state index in [-0.39, 0.29) is 17.9 Å². The molecule has 1 saturated heterocycles. The molecule has 1 aliphatic rings. The van der Waals surface area contributed by atoms with Gasteiger partial charge in [0.1, 0.15) is 12.4 Å².